The number of amides is 1. The second kappa shape index (κ2) is 8.89. The summed E-state index contributed by atoms with van der Waals surface area (Å²) in [6.45, 7) is 2.18. The zero-order valence-electron chi connectivity index (χ0n) is 12.8. The monoisotopic (exact) mass is 302 g/mol. The van der Waals surface area contributed by atoms with Crippen molar-refractivity contribution in [3.05, 3.63) is 0 Å². The van der Waals surface area contributed by atoms with Gasteiger partial charge in [-0.15, -0.1) is 12.4 Å². The summed E-state index contributed by atoms with van der Waals surface area (Å²) in [7, 11) is 0. The fraction of sp³-hybridized carbons (Fsp3) is 0.938. The van der Waals surface area contributed by atoms with E-state index in [1.54, 1.807) is 0 Å². The normalized spacial score (nSPS) is 29.3. The number of nitrogens with one attached hydrogen (secondary N) is 1. The van der Waals surface area contributed by atoms with Crippen LogP contribution in [0.3, 0.4) is 0 Å². The van der Waals surface area contributed by atoms with Crippen molar-refractivity contribution in [2.75, 3.05) is 0 Å². The second-order valence-corrected chi connectivity index (χ2v) is 6.67. The average Bonchev–Trinajstić information content (AvgIpc) is 2.42. The minimum atomic E-state index is 0. The fourth-order valence-corrected chi connectivity index (χ4v) is 3.79. The zero-order valence-corrected chi connectivity index (χ0v) is 13.6. The predicted molar refractivity (Wildman–Crippen MR) is 86.0 cm³/mol. The highest BCUT2D eigenvalue weighted by atomic mass is 35.5. The van der Waals surface area contributed by atoms with Crippen LogP contribution in [0.4, 0.5) is 0 Å². The average molecular weight is 303 g/mol. The number of rotatable bonds is 4. The molecule has 0 aromatic rings. The SMILES string of the molecule is CC(NC(=O)CC1CCCCC1N)C1CCCCC1.Cl. The van der Waals surface area contributed by atoms with E-state index in [2.05, 4.69) is 12.2 Å². The van der Waals surface area contributed by atoms with Gasteiger partial charge >= 0.3 is 0 Å². The molecule has 2 rings (SSSR count). The van der Waals surface area contributed by atoms with Gasteiger partial charge in [-0.3, -0.25) is 4.79 Å². The number of hydrogen-bond donors (Lipinski definition) is 2. The Morgan fingerprint density at radius 1 is 1.10 bits per heavy atom. The van der Waals surface area contributed by atoms with E-state index in [9.17, 15) is 4.79 Å². The van der Waals surface area contributed by atoms with Gasteiger partial charge in [0.15, 0.2) is 0 Å². The van der Waals surface area contributed by atoms with Gasteiger partial charge in [-0.2, -0.15) is 0 Å². The summed E-state index contributed by atoms with van der Waals surface area (Å²) < 4.78 is 0. The third kappa shape index (κ3) is 5.25. The van der Waals surface area contributed by atoms with Gasteiger partial charge in [-0.1, -0.05) is 32.1 Å². The van der Waals surface area contributed by atoms with E-state index in [0.717, 1.165) is 12.8 Å². The molecule has 0 saturated heterocycles. The maximum atomic E-state index is 12.1. The van der Waals surface area contributed by atoms with Crippen LogP contribution in [-0.4, -0.2) is 18.0 Å². The molecular weight excluding hydrogens is 272 g/mol. The van der Waals surface area contributed by atoms with E-state index in [0.29, 0.717) is 24.3 Å². The smallest absolute Gasteiger partial charge is 0.220 e. The van der Waals surface area contributed by atoms with Gasteiger partial charge in [0.05, 0.1) is 0 Å². The van der Waals surface area contributed by atoms with Gasteiger partial charge < -0.3 is 11.1 Å². The molecule has 2 aliphatic rings. The van der Waals surface area contributed by atoms with Gasteiger partial charge in [0.1, 0.15) is 0 Å². The minimum absolute atomic E-state index is 0. The fourth-order valence-electron chi connectivity index (χ4n) is 3.79. The lowest BCUT2D eigenvalue weighted by molar-refractivity contribution is -0.123. The van der Waals surface area contributed by atoms with Crippen LogP contribution >= 0.6 is 12.4 Å². The minimum Gasteiger partial charge on any atom is -0.353 e. The van der Waals surface area contributed by atoms with Crippen LogP contribution in [0.25, 0.3) is 0 Å². The molecule has 3 unspecified atom stereocenters. The summed E-state index contributed by atoms with van der Waals surface area (Å²) in [5, 5.41) is 3.22. The number of halogens is 1. The molecule has 3 atom stereocenters. The van der Waals surface area contributed by atoms with Crippen molar-refractivity contribution in [2.24, 2.45) is 17.6 Å². The molecular formula is C16H31ClN2O. The van der Waals surface area contributed by atoms with Gasteiger partial charge in [0.2, 0.25) is 5.91 Å². The van der Waals surface area contributed by atoms with Crippen molar-refractivity contribution in [3.8, 4) is 0 Å². The van der Waals surface area contributed by atoms with Crippen LogP contribution in [0.2, 0.25) is 0 Å². The Bertz CT molecular complexity index is 292. The highest BCUT2D eigenvalue weighted by molar-refractivity contribution is 5.85. The molecule has 4 heteroatoms. The number of carbonyl (C=O) groups is 1. The number of nitrogens with two attached hydrogens (primary N) is 1. The first-order valence-corrected chi connectivity index (χ1v) is 8.21. The number of carbonyl (C=O) groups excluding carboxylic acids is 1. The first-order valence-electron chi connectivity index (χ1n) is 8.21. The zero-order chi connectivity index (χ0) is 13.7. The van der Waals surface area contributed by atoms with Crippen LogP contribution < -0.4 is 11.1 Å². The van der Waals surface area contributed by atoms with Gasteiger partial charge in [-0.25, -0.2) is 0 Å². The lowest BCUT2D eigenvalue weighted by atomic mass is 9.82. The van der Waals surface area contributed by atoms with Crippen molar-refractivity contribution in [1.29, 1.82) is 0 Å². The molecule has 2 aliphatic carbocycles. The van der Waals surface area contributed by atoms with Crippen LogP contribution in [0.15, 0.2) is 0 Å². The lowest BCUT2D eigenvalue weighted by Gasteiger charge is -2.31. The quantitative estimate of drug-likeness (QED) is 0.836. The maximum Gasteiger partial charge on any atom is 0.220 e. The molecule has 0 bridgehead atoms. The molecule has 0 aliphatic heterocycles. The van der Waals surface area contributed by atoms with E-state index >= 15 is 0 Å². The summed E-state index contributed by atoms with van der Waals surface area (Å²) in [6.07, 6.45) is 11.9. The summed E-state index contributed by atoms with van der Waals surface area (Å²) in [5.74, 6) is 1.32. The van der Waals surface area contributed by atoms with Gasteiger partial charge in [0, 0.05) is 18.5 Å². The van der Waals surface area contributed by atoms with Crippen molar-refractivity contribution in [3.63, 3.8) is 0 Å². The first kappa shape index (κ1) is 17.8. The summed E-state index contributed by atoms with van der Waals surface area (Å²) >= 11 is 0. The first-order chi connectivity index (χ1) is 9.16. The molecule has 0 radical (unpaired) electrons. The molecule has 3 N–H and O–H groups in total. The van der Waals surface area contributed by atoms with Crippen molar-refractivity contribution in [1.82, 2.24) is 5.32 Å². The van der Waals surface area contributed by atoms with Crippen LogP contribution in [0.1, 0.15) is 71.1 Å². The Kier molecular flexibility index (Phi) is 7.90. The second-order valence-electron chi connectivity index (χ2n) is 6.67. The molecule has 2 fully saturated rings. The molecule has 118 valence electrons. The van der Waals surface area contributed by atoms with Gasteiger partial charge in [-0.05, 0) is 44.4 Å². The summed E-state index contributed by atoms with van der Waals surface area (Å²) in [6, 6.07) is 0.581. The standard InChI is InChI=1S/C16H30N2O.ClH/c1-12(13-7-3-2-4-8-13)18-16(19)11-14-9-5-6-10-15(14)17;/h12-15H,2-11,17H2,1H3,(H,18,19);1H. The van der Waals surface area contributed by atoms with E-state index in [4.69, 9.17) is 5.73 Å². The van der Waals surface area contributed by atoms with E-state index < -0.39 is 0 Å². The molecule has 1 amide bonds. The molecule has 3 nitrogen and oxygen atoms in total. The van der Waals surface area contributed by atoms with Crippen LogP contribution in [0, 0.1) is 11.8 Å². The van der Waals surface area contributed by atoms with Crippen LogP contribution in [0.5, 0.6) is 0 Å². The Balaban J connectivity index is 0.00000200. The Labute approximate surface area is 129 Å². The Morgan fingerprint density at radius 2 is 1.70 bits per heavy atom. The van der Waals surface area contributed by atoms with E-state index in [1.807, 2.05) is 0 Å². The molecule has 0 aromatic carbocycles. The van der Waals surface area contributed by atoms with E-state index in [-0.39, 0.29) is 24.4 Å². The predicted octanol–water partition coefficient (Wildman–Crippen LogP) is 3.40. The van der Waals surface area contributed by atoms with Crippen molar-refractivity contribution in [2.45, 2.75) is 83.2 Å². The molecule has 0 spiro atoms. The highest BCUT2D eigenvalue weighted by Crippen LogP contribution is 2.28. The summed E-state index contributed by atoms with van der Waals surface area (Å²) in [5.41, 5.74) is 6.12. The van der Waals surface area contributed by atoms with Crippen molar-refractivity contribution < 1.29 is 4.79 Å². The third-order valence-corrected chi connectivity index (χ3v) is 5.16. The van der Waals surface area contributed by atoms with Crippen LogP contribution in [-0.2, 0) is 4.79 Å². The third-order valence-electron chi connectivity index (χ3n) is 5.16. The summed E-state index contributed by atoms with van der Waals surface area (Å²) in [4.78, 5) is 12.1. The molecule has 2 saturated carbocycles. The van der Waals surface area contributed by atoms with Crippen molar-refractivity contribution >= 4 is 18.3 Å². The number of hydrogen-bond acceptors (Lipinski definition) is 2. The largest absolute Gasteiger partial charge is 0.353 e. The highest BCUT2D eigenvalue weighted by Gasteiger charge is 2.26. The molecule has 20 heavy (non-hydrogen) atoms. The van der Waals surface area contributed by atoms with E-state index in [1.165, 1.54) is 44.9 Å². The topological polar surface area (TPSA) is 55.1 Å². The molecule has 0 aromatic heterocycles. The Morgan fingerprint density at radius 3 is 2.35 bits per heavy atom. The molecule has 0 heterocycles. The maximum absolute atomic E-state index is 12.1. The Hall–Kier alpha value is -0.280. The lowest BCUT2D eigenvalue weighted by Crippen LogP contribution is -2.42. The van der Waals surface area contributed by atoms with Gasteiger partial charge in [0.25, 0.3) is 0 Å².